The molecule has 0 saturated carbocycles. The number of halogens is 2. The summed E-state index contributed by atoms with van der Waals surface area (Å²) in [5, 5.41) is 16.4. The summed E-state index contributed by atoms with van der Waals surface area (Å²) >= 11 is 5.95. The molecular formula is C28H29ClFN5O2. The Morgan fingerprint density at radius 1 is 1.27 bits per heavy atom. The number of likely N-dealkylation sites (tertiary alicyclic amines) is 1. The van der Waals surface area contributed by atoms with E-state index in [0.29, 0.717) is 40.3 Å². The summed E-state index contributed by atoms with van der Waals surface area (Å²) in [5.41, 5.74) is 3.42. The van der Waals surface area contributed by atoms with Crippen LogP contribution in [0.1, 0.15) is 38.7 Å². The van der Waals surface area contributed by atoms with E-state index in [0.717, 1.165) is 44.5 Å². The number of amides is 1. The van der Waals surface area contributed by atoms with E-state index in [-0.39, 0.29) is 16.5 Å². The molecule has 0 spiro atoms. The molecule has 0 aliphatic carbocycles. The summed E-state index contributed by atoms with van der Waals surface area (Å²) in [6, 6.07) is 9.83. The molecule has 0 unspecified atom stereocenters. The van der Waals surface area contributed by atoms with Gasteiger partial charge >= 0.3 is 0 Å². The van der Waals surface area contributed by atoms with Crippen LogP contribution in [-0.2, 0) is 4.79 Å². The fraction of sp³-hybridized carbons (Fsp3) is 0.321. The molecule has 0 radical (unpaired) electrons. The molecule has 192 valence electrons. The van der Waals surface area contributed by atoms with E-state index < -0.39 is 5.82 Å². The average molecular weight is 522 g/mol. The predicted octanol–water partition coefficient (Wildman–Crippen LogP) is 6.41. The van der Waals surface area contributed by atoms with Gasteiger partial charge in [-0.15, -0.1) is 0 Å². The van der Waals surface area contributed by atoms with Crippen LogP contribution in [0.3, 0.4) is 0 Å². The number of hydrogen-bond donors (Lipinski definition) is 2. The van der Waals surface area contributed by atoms with E-state index in [2.05, 4.69) is 33.5 Å². The first-order valence-corrected chi connectivity index (χ1v) is 12.7. The summed E-state index contributed by atoms with van der Waals surface area (Å²) in [7, 11) is 0. The van der Waals surface area contributed by atoms with Crippen molar-refractivity contribution >= 4 is 45.5 Å². The van der Waals surface area contributed by atoms with Crippen molar-refractivity contribution in [3.8, 4) is 11.8 Å². The zero-order valence-corrected chi connectivity index (χ0v) is 21.7. The molecule has 0 bridgehead atoms. The predicted molar refractivity (Wildman–Crippen MR) is 145 cm³/mol. The number of nitrogens with one attached hydrogen (secondary N) is 2. The number of fused-ring (bicyclic) bond motifs is 1. The van der Waals surface area contributed by atoms with Crippen LogP contribution in [0.4, 0.5) is 21.5 Å². The van der Waals surface area contributed by atoms with E-state index in [1.54, 1.807) is 18.2 Å². The molecule has 0 atom stereocenters. The van der Waals surface area contributed by atoms with Crippen LogP contribution >= 0.6 is 11.6 Å². The van der Waals surface area contributed by atoms with Crippen molar-refractivity contribution in [2.45, 2.75) is 33.1 Å². The normalized spacial score (nSPS) is 13.8. The van der Waals surface area contributed by atoms with Crippen LogP contribution < -0.4 is 15.4 Å². The molecule has 9 heteroatoms. The van der Waals surface area contributed by atoms with E-state index in [1.165, 1.54) is 24.4 Å². The van der Waals surface area contributed by atoms with Gasteiger partial charge in [0.05, 0.1) is 34.1 Å². The minimum atomic E-state index is -0.538. The number of hydrogen-bond acceptors (Lipinski definition) is 6. The van der Waals surface area contributed by atoms with Gasteiger partial charge in [-0.3, -0.25) is 9.78 Å². The van der Waals surface area contributed by atoms with Gasteiger partial charge in [0.25, 0.3) is 0 Å². The molecule has 2 aromatic carbocycles. The number of aromatic nitrogens is 1. The summed E-state index contributed by atoms with van der Waals surface area (Å²) in [6.45, 7) is 7.42. The Morgan fingerprint density at radius 2 is 2.05 bits per heavy atom. The lowest BCUT2D eigenvalue weighted by atomic mass is 10.0. The Labute approximate surface area is 220 Å². The Balaban J connectivity index is 1.67. The minimum Gasteiger partial charge on any atom is -0.492 e. The van der Waals surface area contributed by atoms with Gasteiger partial charge in [-0.2, -0.15) is 5.26 Å². The molecule has 1 amide bonds. The first-order valence-electron chi connectivity index (χ1n) is 12.4. The summed E-state index contributed by atoms with van der Waals surface area (Å²) in [5.74, 6) is -0.292. The third kappa shape index (κ3) is 6.37. The standard InChI is InChI=1S/C28H29ClFN5O2/c1-3-9-35-10-7-18(8-11-35)12-27(36)34-25-14-21-24(15-26(25)37-4-2)32-17-19(16-31)28(21)33-20-5-6-23(30)22(29)13-20/h5-6,12-15,17H,3-4,7-11H2,1-2H3,(H,32,33)(H,34,36). The van der Waals surface area contributed by atoms with Gasteiger partial charge in [0, 0.05) is 42.5 Å². The number of rotatable bonds is 8. The van der Waals surface area contributed by atoms with E-state index in [1.807, 2.05) is 6.92 Å². The average Bonchev–Trinajstić information content (AvgIpc) is 2.88. The Morgan fingerprint density at radius 3 is 2.73 bits per heavy atom. The van der Waals surface area contributed by atoms with Gasteiger partial charge in [0.2, 0.25) is 5.91 Å². The maximum atomic E-state index is 13.7. The lowest BCUT2D eigenvalue weighted by Crippen LogP contribution is -2.31. The van der Waals surface area contributed by atoms with Gasteiger partial charge in [-0.25, -0.2) is 4.39 Å². The van der Waals surface area contributed by atoms with Gasteiger partial charge in [0.1, 0.15) is 17.6 Å². The number of carbonyl (C=O) groups excluding carboxylic acids is 1. The van der Waals surface area contributed by atoms with Gasteiger partial charge in [-0.1, -0.05) is 24.1 Å². The summed E-state index contributed by atoms with van der Waals surface area (Å²) in [6.07, 6.45) is 5.99. The number of benzene rings is 2. The Bertz CT molecular complexity index is 1380. The molecule has 1 saturated heterocycles. The second-order valence-electron chi connectivity index (χ2n) is 8.84. The number of nitrogens with zero attached hydrogens (tertiary/aromatic N) is 3. The van der Waals surface area contributed by atoms with Crippen molar-refractivity contribution in [2.24, 2.45) is 0 Å². The number of piperidine rings is 1. The molecule has 1 aromatic heterocycles. The molecule has 1 aliphatic heterocycles. The molecule has 37 heavy (non-hydrogen) atoms. The van der Waals surface area contributed by atoms with Crippen LogP contribution in [0, 0.1) is 17.1 Å². The van der Waals surface area contributed by atoms with Gasteiger partial charge < -0.3 is 20.3 Å². The van der Waals surface area contributed by atoms with Crippen molar-refractivity contribution in [1.29, 1.82) is 5.26 Å². The highest BCUT2D eigenvalue weighted by Crippen LogP contribution is 2.36. The second kappa shape index (κ2) is 12.0. The molecular weight excluding hydrogens is 493 g/mol. The van der Waals surface area contributed by atoms with E-state index >= 15 is 0 Å². The molecule has 1 aliphatic rings. The van der Waals surface area contributed by atoms with Gasteiger partial charge in [-0.05, 0) is 57.0 Å². The third-order valence-corrected chi connectivity index (χ3v) is 6.50. The summed E-state index contributed by atoms with van der Waals surface area (Å²) < 4.78 is 19.5. The van der Waals surface area contributed by atoms with Crippen LogP contribution in [0.25, 0.3) is 10.9 Å². The van der Waals surface area contributed by atoms with Crippen molar-refractivity contribution < 1.29 is 13.9 Å². The van der Waals surface area contributed by atoms with Crippen LogP contribution in [0.5, 0.6) is 5.75 Å². The Kier molecular flexibility index (Phi) is 8.59. The highest BCUT2D eigenvalue weighted by atomic mass is 35.5. The smallest absolute Gasteiger partial charge is 0.248 e. The molecule has 3 aromatic rings. The lowest BCUT2D eigenvalue weighted by Gasteiger charge is -2.27. The molecule has 1 fully saturated rings. The maximum absolute atomic E-state index is 13.7. The molecule has 7 nitrogen and oxygen atoms in total. The van der Waals surface area contributed by atoms with Crippen LogP contribution in [-0.4, -0.2) is 42.0 Å². The van der Waals surface area contributed by atoms with E-state index in [9.17, 15) is 14.4 Å². The van der Waals surface area contributed by atoms with Crippen molar-refractivity contribution in [2.75, 3.05) is 36.9 Å². The minimum absolute atomic E-state index is 0.0398. The molecule has 4 rings (SSSR count). The topological polar surface area (TPSA) is 90.3 Å². The van der Waals surface area contributed by atoms with E-state index in [4.69, 9.17) is 16.3 Å². The number of ether oxygens (including phenoxy) is 1. The zero-order valence-electron chi connectivity index (χ0n) is 20.9. The first kappa shape index (κ1) is 26.4. The lowest BCUT2D eigenvalue weighted by molar-refractivity contribution is -0.112. The maximum Gasteiger partial charge on any atom is 0.248 e. The number of anilines is 3. The van der Waals surface area contributed by atoms with Crippen LogP contribution in [0.2, 0.25) is 5.02 Å². The third-order valence-electron chi connectivity index (χ3n) is 6.21. The number of carbonyl (C=O) groups is 1. The zero-order chi connectivity index (χ0) is 26.4. The SMILES string of the molecule is CCCN1CCC(=CC(=O)Nc2cc3c(Nc4ccc(F)c(Cl)c4)c(C#N)cnc3cc2OCC)CC1. The Hall–Kier alpha value is -3.67. The highest BCUT2D eigenvalue weighted by Gasteiger charge is 2.17. The van der Waals surface area contributed by atoms with Crippen molar-refractivity contribution in [3.63, 3.8) is 0 Å². The number of nitriles is 1. The van der Waals surface area contributed by atoms with Crippen molar-refractivity contribution in [3.05, 3.63) is 64.6 Å². The van der Waals surface area contributed by atoms with Crippen LogP contribution in [0.15, 0.2) is 48.2 Å². The molecule has 2 heterocycles. The summed E-state index contributed by atoms with van der Waals surface area (Å²) in [4.78, 5) is 19.8. The highest BCUT2D eigenvalue weighted by molar-refractivity contribution is 6.31. The largest absolute Gasteiger partial charge is 0.492 e. The number of pyridine rings is 1. The van der Waals surface area contributed by atoms with Crippen molar-refractivity contribution in [1.82, 2.24) is 9.88 Å². The molecule has 2 N–H and O–H groups in total. The quantitative estimate of drug-likeness (QED) is 0.333. The second-order valence-corrected chi connectivity index (χ2v) is 9.25. The first-order chi connectivity index (χ1) is 17.9. The fourth-order valence-electron chi connectivity index (χ4n) is 4.41. The monoisotopic (exact) mass is 521 g/mol. The fourth-order valence-corrected chi connectivity index (χ4v) is 4.59. The van der Waals surface area contributed by atoms with Gasteiger partial charge in [0.15, 0.2) is 0 Å².